The zero-order valence-corrected chi connectivity index (χ0v) is 19.3. The third-order valence-electron chi connectivity index (χ3n) is 4.27. The molecule has 3 aromatic rings. The first-order valence-electron chi connectivity index (χ1n) is 9.41. The van der Waals surface area contributed by atoms with Crippen molar-refractivity contribution >= 4 is 45.0 Å². The van der Waals surface area contributed by atoms with Gasteiger partial charge in [-0.05, 0) is 45.3 Å². The number of nitrogens with zero attached hydrogens (tertiary/aromatic N) is 3. The van der Waals surface area contributed by atoms with E-state index in [-0.39, 0.29) is 30.7 Å². The van der Waals surface area contributed by atoms with Crippen molar-refractivity contribution in [3.8, 4) is 11.5 Å². The SMILES string of the molecule is Cc1ccc(OCC(=O)N(CCN(C)C)c2nc3ccc(OC(F)(F)F)cc3s2)cc1.Cl. The largest absolute Gasteiger partial charge is 0.573 e. The summed E-state index contributed by atoms with van der Waals surface area (Å²) in [5, 5.41) is 0.388. The van der Waals surface area contributed by atoms with Gasteiger partial charge in [0.1, 0.15) is 11.5 Å². The Morgan fingerprint density at radius 3 is 2.34 bits per heavy atom. The first-order valence-corrected chi connectivity index (χ1v) is 10.2. The van der Waals surface area contributed by atoms with Gasteiger partial charge in [0, 0.05) is 19.2 Å². The minimum atomic E-state index is -4.78. The molecule has 0 saturated heterocycles. The van der Waals surface area contributed by atoms with Crippen molar-refractivity contribution in [2.45, 2.75) is 13.3 Å². The second kappa shape index (κ2) is 10.8. The van der Waals surface area contributed by atoms with Gasteiger partial charge in [0.15, 0.2) is 11.7 Å². The number of likely N-dealkylation sites (N-methyl/N-ethyl adjacent to an activating group) is 1. The van der Waals surface area contributed by atoms with Crippen LogP contribution >= 0.6 is 23.7 Å². The summed E-state index contributed by atoms with van der Waals surface area (Å²) in [6, 6.07) is 11.2. The minimum Gasteiger partial charge on any atom is -0.484 e. The van der Waals surface area contributed by atoms with E-state index in [1.165, 1.54) is 23.1 Å². The Kier molecular flexibility index (Phi) is 8.71. The quantitative estimate of drug-likeness (QED) is 0.450. The molecule has 0 unspecified atom stereocenters. The van der Waals surface area contributed by atoms with Crippen LogP contribution in [0.1, 0.15) is 5.56 Å². The fourth-order valence-electron chi connectivity index (χ4n) is 2.69. The molecular formula is C21H23ClF3N3O3S. The molecule has 6 nitrogen and oxygen atoms in total. The van der Waals surface area contributed by atoms with E-state index in [1.807, 2.05) is 38.1 Å². The summed E-state index contributed by atoms with van der Waals surface area (Å²) in [6.45, 7) is 2.70. The van der Waals surface area contributed by atoms with E-state index in [1.54, 1.807) is 12.1 Å². The summed E-state index contributed by atoms with van der Waals surface area (Å²) in [5.41, 5.74) is 1.56. The number of alkyl halides is 3. The fraction of sp³-hybridized carbons (Fsp3) is 0.333. The van der Waals surface area contributed by atoms with Crippen LogP contribution in [0.15, 0.2) is 42.5 Å². The maximum absolute atomic E-state index is 12.9. The van der Waals surface area contributed by atoms with Gasteiger partial charge in [-0.25, -0.2) is 4.98 Å². The van der Waals surface area contributed by atoms with Crippen LogP contribution in [0.5, 0.6) is 11.5 Å². The molecule has 1 amide bonds. The van der Waals surface area contributed by atoms with Gasteiger partial charge in [-0.15, -0.1) is 25.6 Å². The molecule has 0 fully saturated rings. The number of amides is 1. The smallest absolute Gasteiger partial charge is 0.484 e. The first-order chi connectivity index (χ1) is 14.6. The zero-order valence-electron chi connectivity index (χ0n) is 17.7. The Hall–Kier alpha value is -2.56. The van der Waals surface area contributed by atoms with E-state index >= 15 is 0 Å². The number of thiazole rings is 1. The number of hydrogen-bond donors (Lipinski definition) is 0. The number of carbonyl (C=O) groups excluding carboxylic acids is 1. The molecule has 1 aromatic heterocycles. The number of ether oxygens (including phenoxy) is 2. The number of hydrogen-bond acceptors (Lipinski definition) is 6. The molecule has 0 aliphatic carbocycles. The summed E-state index contributed by atoms with van der Waals surface area (Å²) in [5.74, 6) is -0.0536. The lowest BCUT2D eigenvalue weighted by atomic mass is 10.2. The van der Waals surface area contributed by atoms with E-state index in [0.717, 1.165) is 16.9 Å². The van der Waals surface area contributed by atoms with Crippen LogP contribution in [-0.2, 0) is 4.79 Å². The van der Waals surface area contributed by atoms with Crippen LogP contribution in [0.3, 0.4) is 0 Å². The zero-order chi connectivity index (χ0) is 22.6. The lowest BCUT2D eigenvalue weighted by Gasteiger charge is -2.22. The molecule has 0 saturated carbocycles. The van der Waals surface area contributed by atoms with Gasteiger partial charge in [-0.2, -0.15) is 0 Å². The van der Waals surface area contributed by atoms with Crippen molar-refractivity contribution in [3.05, 3.63) is 48.0 Å². The highest BCUT2D eigenvalue weighted by atomic mass is 35.5. The van der Waals surface area contributed by atoms with E-state index < -0.39 is 6.36 Å². The van der Waals surface area contributed by atoms with Gasteiger partial charge in [0.2, 0.25) is 0 Å². The highest BCUT2D eigenvalue weighted by Crippen LogP contribution is 2.33. The van der Waals surface area contributed by atoms with Crippen LogP contribution in [0.2, 0.25) is 0 Å². The molecule has 0 radical (unpaired) electrons. The van der Waals surface area contributed by atoms with E-state index in [9.17, 15) is 18.0 Å². The fourth-order valence-corrected chi connectivity index (χ4v) is 3.73. The van der Waals surface area contributed by atoms with Gasteiger partial charge in [-0.3, -0.25) is 9.69 Å². The number of aryl methyl sites for hydroxylation is 1. The van der Waals surface area contributed by atoms with Gasteiger partial charge < -0.3 is 14.4 Å². The molecule has 0 spiro atoms. The molecular weight excluding hydrogens is 467 g/mol. The van der Waals surface area contributed by atoms with Crippen LogP contribution in [0, 0.1) is 6.92 Å². The second-order valence-electron chi connectivity index (χ2n) is 7.12. The van der Waals surface area contributed by atoms with E-state index in [4.69, 9.17) is 4.74 Å². The Bertz CT molecular complexity index is 1040. The minimum absolute atomic E-state index is 0. The molecule has 11 heteroatoms. The average molecular weight is 490 g/mol. The van der Waals surface area contributed by atoms with Crippen LogP contribution in [-0.4, -0.2) is 55.9 Å². The monoisotopic (exact) mass is 489 g/mol. The van der Waals surface area contributed by atoms with Crippen molar-refractivity contribution in [2.75, 3.05) is 38.7 Å². The molecule has 0 bridgehead atoms. The average Bonchev–Trinajstić information content (AvgIpc) is 3.09. The third-order valence-corrected chi connectivity index (χ3v) is 5.31. The van der Waals surface area contributed by atoms with Crippen LogP contribution < -0.4 is 14.4 Å². The first kappa shape index (κ1) is 25.7. The van der Waals surface area contributed by atoms with Gasteiger partial charge >= 0.3 is 6.36 Å². The van der Waals surface area contributed by atoms with Gasteiger partial charge in [-0.1, -0.05) is 29.0 Å². The maximum Gasteiger partial charge on any atom is 0.573 e. The van der Waals surface area contributed by atoms with Crippen LogP contribution in [0.4, 0.5) is 18.3 Å². The molecule has 2 aromatic carbocycles. The summed E-state index contributed by atoms with van der Waals surface area (Å²) >= 11 is 1.12. The predicted molar refractivity (Wildman–Crippen MR) is 121 cm³/mol. The molecule has 0 aliphatic heterocycles. The Labute approximate surface area is 194 Å². The molecule has 1 heterocycles. The second-order valence-corrected chi connectivity index (χ2v) is 8.13. The number of benzene rings is 2. The topological polar surface area (TPSA) is 54.9 Å². The number of anilines is 1. The highest BCUT2D eigenvalue weighted by Gasteiger charge is 2.31. The molecule has 0 aliphatic rings. The van der Waals surface area contributed by atoms with Crippen molar-refractivity contribution < 1.29 is 27.4 Å². The van der Waals surface area contributed by atoms with Crippen molar-refractivity contribution in [3.63, 3.8) is 0 Å². The normalized spacial score (nSPS) is 11.3. The Balaban J connectivity index is 0.00000363. The third kappa shape index (κ3) is 7.25. The van der Waals surface area contributed by atoms with Crippen molar-refractivity contribution in [1.82, 2.24) is 9.88 Å². The summed E-state index contributed by atoms with van der Waals surface area (Å²) < 4.78 is 47.6. The number of rotatable bonds is 8. The Morgan fingerprint density at radius 2 is 1.72 bits per heavy atom. The van der Waals surface area contributed by atoms with Crippen molar-refractivity contribution in [2.24, 2.45) is 0 Å². The molecule has 0 N–H and O–H groups in total. The van der Waals surface area contributed by atoms with E-state index in [2.05, 4.69) is 9.72 Å². The lowest BCUT2D eigenvalue weighted by molar-refractivity contribution is -0.274. The molecule has 3 rings (SSSR count). The number of aromatic nitrogens is 1. The summed E-state index contributed by atoms with van der Waals surface area (Å²) in [7, 11) is 3.76. The highest BCUT2D eigenvalue weighted by molar-refractivity contribution is 7.22. The van der Waals surface area contributed by atoms with Crippen LogP contribution in [0.25, 0.3) is 10.2 Å². The lowest BCUT2D eigenvalue weighted by Crippen LogP contribution is -2.39. The van der Waals surface area contributed by atoms with Crippen molar-refractivity contribution in [1.29, 1.82) is 0 Å². The predicted octanol–water partition coefficient (Wildman–Crippen LogP) is 4.90. The molecule has 32 heavy (non-hydrogen) atoms. The van der Waals surface area contributed by atoms with Gasteiger partial charge in [0.25, 0.3) is 5.91 Å². The number of halogens is 4. The number of carbonyl (C=O) groups is 1. The molecule has 0 atom stereocenters. The molecule has 174 valence electrons. The van der Waals surface area contributed by atoms with E-state index in [0.29, 0.717) is 34.2 Å². The summed E-state index contributed by atoms with van der Waals surface area (Å²) in [4.78, 5) is 20.7. The number of fused-ring (bicyclic) bond motifs is 1. The maximum atomic E-state index is 12.9. The Morgan fingerprint density at radius 1 is 1.06 bits per heavy atom. The standard InChI is InChI=1S/C21H22F3N3O3S.ClH/c1-14-4-6-15(7-5-14)29-13-19(28)27(11-10-26(2)3)20-25-17-9-8-16(12-18(17)31-20)30-21(22,23)24;/h4-9,12H,10-11,13H2,1-3H3;1H. The summed E-state index contributed by atoms with van der Waals surface area (Å²) in [6.07, 6.45) is -4.78. The van der Waals surface area contributed by atoms with Gasteiger partial charge in [0.05, 0.1) is 10.2 Å².